The summed E-state index contributed by atoms with van der Waals surface area (Å²) >= 11 is 3.59. The average molecular weight is 325 g/mol. The van der Waals surface area contributed by atoms with Gasteiger partial charge in [0.25, 0.3) is 0 Å². The van der Waals surface area contributed by atoms with Crippen molar-refractivity contribution in [2.75, 3.05) is 6.61 Å². The zero-order chi connectivity index (χ0) is 13.8. The van der Waals surface area contributed by atoms with E-state index in [-0.39, 0.29) is 5.92 Å². The van der Waals surface area contributed by atoms with Gasteiger partial charge in [0.2, 0.25) is 0 Å². The number of hydrogen-bond donors (Lipinski definition) is 0. The highest BCUT2D eigenvalue weighted by Crippen LogP contribution is 2.37. The van der Waals surface area contributed by atoms with Gasteiger partial charge in [-0.3, -0.25) is 0 Å². The second-order valence-corrected chi connectivity index (χ2v) is 6.43. The summed E-state index contributed by atoms with van der Waals surface area (Å²) in [6, 6.07) is 4.21. The number of halogens is 1. The maximum atomic E-state index is 10.7. The number of rotatable bonds is 6. The van der Waals surface area contributed by atoms with E-state index in [2.05, 4.69) is 41.9 Å². The quantitative estimate of drug-likeness (QED) is 0.713. The van der Waals surface area contributed by atoms with Gasteiger partial charge in [-0.05, 0) is 64.7 Å². The minimum atomic E-state index is 0.199. The molecule has 1 unspecified atom stereocenters. The molecule has 2 nitrogen and oxygen atoms in total. The van der Waals surface area contributed by atoms with Crippen LogP contribution in [0.3, 0.4) is 0 Å². The van der Waals surface area contributed by atoms with Crippen molar-refractivity contribution in [2.24, 2.45) is 5.92 Å². The van der Waals surface area contributed by atoms with Gasteiger partial charge in [0.05, 0.1) is 11.1 Å². The summed E-state index contributed by atoms with van der Waals surface area (Å²) in [5, 5.41) is 0. The third-order valence-corrected chi connectivity index (χ3v) is 4.47. The Hall–Kier alpha value is -0.830. The summed E-state index contributed by atoms with van der Waals surface area (Å²) in [6.45, 7) is 4.94. The predicted octanol–water partition coefficient (Wildman–Crippen LogP) is 4.63. The molecule has 0 aromatic heterocycles. The van der Waals surface area contributed by atoms with Gasteiger partial charge in [-0.1, -0.05) is 19.4 Å². The molecule has 1 aliphatic carbocycles. The number of carbonyl (C=O) groups is 1. The van der Waals surface area contributed by atoms with E-state index in [0.717, 1.165) is 28.7 Å². The molecule has 1 aromatic carbocycles. The monoisotopic (exact) mass is 324 g/mol. The van der Waals surface area contributed by atoms with E-state index < -0.39 is 0 Å². The lowest BCUT2D eigenvalue weighted by Crippen LogP contribution is -2.20. The molecule has 0 heterocycles. The van der Waals surface area contributed by atoms with Crippen molar-refractivity contribution in [3.8, 4) is 5.75 Å². The Morgan fingerprint density at radius 2 is 2.21 bits per heavy atom. The standard InChI is InChI=1S/C16H21BrO2/c1-11-8-14(12(2)6-7-18)16(15(17)9-11)19-10-13-4-3-5-13/h7-9,12-13H,3-6,10H2,1-2H3. The van der Waals surface area contributed by atoms with Crippen LogP contribution in [0.5, 0.6) is 5.75 Å². The van der Waals surface area contributed by atoms with E-state index in [4.69, 9.17) is 4.74 Å². The lowest BCUT2D eigenvalue weighted by molar-refractivity contribution is -0.108. The second kappa shape index (κ2) is 6.56. The molecule has 0 N–H and O–H groups in total. The molecule has 1 atom stereocenters. The van der Waals surface area contributed by atoms with E-state index in [1.165, 1.54) is 24.8 Å². The Kier molecular flexibility index (Phi) is 5.03. The van der Waals surface area contributed by atoms with Crippen LogP contribution in [0.15, 0.2) is 16.6 Å². The zero-order valence-electron chi connectivity index (χ0n) is 11.6. The van der Waals surface area contributed by atoms with Crippen molar-refractivity contribution < 1.29 is 9.53 Å². The maximum absolute atomic E-state index is 10.7. The van der Waals surface area contributed by atoms with E-state index >= 15 is 0 Å². The largest absolute Gasteiger partial charge is 0.492 e. The summed E-state index contributed by atoms with van der Waals surface area (Å²) in [6.07, 6.45) is 5.41. The van der Waals surface area contributed by atoms with Crippen molar-refractivity contribution in [1.29, 1.82) is 0 Å². The zero-order valence-corrected chi connectivity index (χ0v) is 13.2. The summed E-state index contributed by atoms with van der Waals surface area (Å²) in [4.78, 5) is 10.7. The topological polar surface area (TPSA) is 26.3 Å². The van der Waals surface area contributed by atoms with Crippen molar-refractivity contribution >= 4 is 22.2 Å². The van der Waals surface area contributed by atoms with E-state index in [1.54, 1.807) is 0 Å². The van der Waals surface area contributed by atoms with Crippen LogP contribution in [-0.4, -0.2) is 12.9 Å². The summed E-state index contributed by atoms with van der Waals surface area (Å²) in [5.41, 5.74) is 2.33. The second-order valence-electron chi connectivity index (χ2n) is 5.58. The average Bonchev–Trinajstić information content (AvgIpc) is 2.29. The van der Waals surface area contributed by atoms with Gasteiger partial charge in [-0.2, -0.15) is 0 Å². The molecule has 1 saturated carbocycles. The summed E-state index contributed by atoms with van der Waals surface area (Å²) in [5.74, 6) is 1.83. The lowest BCUT2D eigenvalue weighted by Gasteiger charge is -2.27. The maximum Gasteiger partial charge on any atom is 0.136 e. The van der Waals surface area contributed by atoms with E-state index in [9.17, 15) is 4.79 Å². The number of benzene rings is 1. The van der Waals surface area contributed by atoms with Crippen molar-refractivity contribution in [3.05, 3.63) is 27.7 Å². The van der Waals surface area contributed by atoms with E-state index in [0.29, 0.717) is 12.3 Å². The molecule has 0 bridgehead atoms. The number of aryl methyl sites for hydroxylation is 1. The number of aldehydes is 1. The highest BCUT2D eigenvalue weighted by molar-refractivity contribution is 9.10. The Morgan fingerprint density at radius 3 is 2.79 bits per heavy atom. The normalized spacial score (nSPS) is 16.8. The van der Waals surface area contributed by atoms with Gasteiger partial charge in [-0.25, -0.2) is 0 Å². The number of hydrogen-bond acceptors (Lipinski definition) is 2. The third kappa shape index (κ3) is 3.59. The first-order valence-electron chi connectivity index (χ1n) is 6.98. The molecule has 0 spiro atoms. The molecule has 0 saturated heterocycles. The molecule has 19 heavy (non-hydrogen) atoms. The van der Waals surface area contributed by atoms with Gasteiger partial charge in [0, 0.05) is 6.42 Å². The minimum Gasteiger partial charge on any atom is -0.492 e. The van der Waals surface area contributed by atoms with Gasteiger partial charge in [0.15, 0.2) is 0 Å². The first-order chi connectivity index (χ1) is 9.11. The van der Waals surface area contributed by atoms with Gasteiger partial charge in [0.1, 0.15) is 12.0 Å². The van der Waals surface area contributed by atoms with Crippen LogP contribution in [0.2, 0.25) is 0 Å². The van der Waals surface area contributed by atoms with Gasteiger partial charge >= 0.3 is 0 Å². The van der Waals surface area contributed by atoms with Crippen molar-refractivity contribution in [1.82, 2.24) is 0 Å². The van der Waals surface area contributed by atoms with Gasteiger partial charge < -0.3 is 9.53 Å². The van der Waals surface area contributed by atoms with Crippen molar-refractivity contribution in [2.45, 2.75) is 45.4 Å². The van der Waals surface area contributed by atoms with Crippen LogP contribution < -0.4 is 4.74 Å². The fourth-order valence-electron chi connectivity index (χ4n) is 2.41. The molecular weight excluding hydrogens is 304 g/mol. The van der Waals surface area contributed by atoms with Crippen LogP contribution in [0.1, 0.15) is 49.7 Å². The molecule has 104 valence electrons. The van der Waals surface area contributed by atoms with Crippen LogP contribution in [0, 0.1) is 12.8 Å². The summed E-state index contributed by atoms with van der Waals surface area (Å²) in [7, 11) is 0. The fourth-order valence-corrected chi connectivity index (χ4v) is 3.11. The molecule has 0 aliphatic heterocycles. The molecular formula is C16H21BrO2. The molecule has 2 rings (SSSR count). The summed E-state index contributed by atoms with van der Waals surface area (Å²) < 4.78 is 7.03. The Morgan fingerprint density at radius 1 is 1.47 bits per heavy atom. The number of ether oxygens (including phenoxy) is 1. The fraction of sp³-hybridized carbons (Fsp3) is 0.562. The molecule has 0 radical (unpaired) electrons. The molecule has 3 heteroatoms. The Balaban J connectivity index is 2.19. The number of carbonyl (C=O) groups excluding carboxylic acids is 1. The Labute approximate surface area is 123 Å². The molecule has 1 aromatic rings. The first kappa shape index (κ1) is 14.6. The van der Waals surface area contributed by atoms with E-state index in [1.807, 2.05) is 0 Å². The molecule has 1 fully saturated rings. The first-order valence-corrected chi connectivity index (χ1v) is 7.77. The lowest BCUT2D eigenvalue weighted by atomic mass is 9.86. The van der Waals surface area contributed by atoms with Crippen molar-refractivity contribution in [3.63, 3.8) is 0 Å². The van der Waals surface area contributed by atoms with Crippen LogP contribution in [0.25, 0.3) is 0 Å². The molecule has 1 aliphatic rings. The minimum absolute atomic E-state index is 0.199. The van der Waals surface area contributed by atoms with Crippen LogP contribution in [0.4, 0.5) is 0 Å². The van der Waals surface area contributed by atoms with Crippen LogP contribution in [-0.2, 0) is 4.79 Å². The third-order valence-electron chi connectivity index (χ3n) is 3.89. The predicted molar refractivity (Wildman–Crippen MR) is 80.8 cm³/mol. The SMILES string of the molecule is Cc1cc(Br)c(OCC2CCC2)c(C(C)CC=O)c1. The van der Waals surface area contributed by atoms with Crippen LogP contribution >= 0.6 is 15.9 Å². The Bertz CT molecular complexity index is 452. The molecule has 0 amide bonds. The van der Waals surface area contributed by atoms with Gasteiger partial charge in [-0.15, -0.1) is 0 Å². The highest BCUT2D eigenvalue weighted by atomic mass is 79.9. The highest BCUT2D eigenvalue weighted by Gasteiger charge is 2.21. The smallest absolute Gasteiger partial charge is 0.136 e.